The van der Waals surface area contributed by atoms with Crippen molar-refractivity contribution in [3.05, 3.63) is 70.0 Å². The fourth-order valence-corrected chi connectivity index (χ4v) is 2.64. The summed E-state index contributed by atoms with van der Waals surface area (Å²) >= 11 is 11.3. The first kappa shape index (κ1) is 17.1. The molecule has 2 aromatic carbocycles. The van der Waals surface area contributed by atoms with Crippen LogP contribution in [0.3, 0.4) is 0 Å². The van der Waals surface area contributed by atoms with Gasteiger partial charge in [0.05, 0.1) is 7.11 Å². The lowest BCUT2D eigenvalue weighted by atomic mass is 10.2. The van der Waals surface area contributed by atoms with Gasteiger partial charge in [-0.2, -0.15) is 14.9 Å². The molecule has 5 nitrogen and oxygen atoms in total. The molecule has 0 aliphatic rings. The van der Waals surface area contributed by atoms with Gasteiger partial charge in [-0.05, 0) is 42.6 Å². The largest absolute Gasteiger partial charge is 0.496 e. The van der Waals surface area contributed by atoms with E-state index in [9.17, 15) is 0 Å². The number of nitrogens with one attached hydrogen (secondary N) is 1. The van der Waals surface area contributed by atoms with E-state index in [1.54, 1.807) is 24.1 Å². The molecule has 0 unspecified atom stereocenters. The Morgan fingerprint density at radius 1 is 1.24 bits per heavy atom. The van der Waals surface area contributed by atoms with Crippen molar-refractivity contribution in [2.75, 3.05) is 7.11 Å². The van der Waals surface area contributed by atoms with Crippen molar-refractivity contribution >= 4 is 36.1 Å². The standard InChI is InChI=1S/C18H15ClN4OS/c1-24-16-10-3-2-6-13(16)8-5-11-20-23-17(21-22-18(23)25)14-7-4-9-15(19)12-14/h2-12H,1H3,(H,22,25)/b8-5+,20-11-. The van der Waals surface area contributed by atoms with E-state index in [1.807, 2.05) is 54.6 Å². The first-order valence-electron chi connectivity index (χ1n) is 7.46. The summed E-state index contributed by atoms with van der Waals surface area (Å²) in [5.41, 5.74) is 1.79. The number of H-pyrrole nitrogens is 1. The van der Waals surface area contributed by atoms with Gasteiger partial charge in [0.15, 0.2) is 5.82 Å². The average molecular weight is 371 g/mol. The third-order valence-corrected chi connectivity index (χ3v) is 3.92. The number of aromatic amines is 1. The van der Waals surface area contributed by atoms with Crippen LogP contribution < -0.4 is 4.74 Å². The SMILES string of the molecule is COc1ccccc1/C=C/C=N\n1c(-c2cccc(Cl)c2)n[nH]c1=S. The van der Waals surface area contributed by atoms with E-state index in [1.165, 1.54) is 0 Å². The average Bonchev–Trinajstić information content (AvgIpc) is 3.00. The summed E-state index contributed by atoms with van der Waals surface area (Å²) in [6.07, 6.45) is 5.37. The highest BCUT2D eigenvalue weighted by Gasteiger charge is 2.08. The predicted molar refractivity (Wildman–Crippen MR) is 104 cm³/mol. The van der Waals surface area contributed by atoms with Gasteiger partial charge in [-0.3, -0.25) is 0 Å². The van der Waals surface area contributed by atoms with E-state index >= 15 is 0 Å². The molecule has 1 N–H and O–H groups in total. The van der Waals surface area contributed by atoms with E-state index in [4.69, 9.17) is 28.6 Å². The van der Waals surface area contributed by atoms with Crippen molar-refractivity contribution < 1.29 is 4.74 Å². The van der Waals surface area contributed by atoms with E-state index in [0.717, 1.165) is 16.9 Å². The highest BCUT2D eigenvalue weighted by molar-refractivity contribution is 7.71. The molecule has 0 fully saturated rings. The van der Waals surface area contributed by atoms with Crippen LogP contribution in [-0.4, -0.2) is 28.2 Å². The maximum atomic E-state index is 6.04. The zero-order valence-corrected chi connectivity index (χ0v) is 15.0. The summed E-state index contributed by atoms with van der Waals surface area (Å²) in [7, 11) is 1.64. The van der Waals surface area contributed by atoms with Gasteiger partial charge >= 0.3 is 0 Å². The predicted octanol–water partition coefficient (Wildman–Crippen LogP) is 4.82. The minimum Gasteiger partial charge on any atom is -0.496 e. The van der Waals surface area contributed by atoms with Crippen molar-refractivity contribution in [2.24, 2.45) is 5.10 Å². The van der Waals surface area contributed by atoms with Crippen LogP contribution in [0.4, 0.5) is 0 Å². The Balaban J connectivity index is 1.86. The molecule has 0 radical (unpaired) electrons. The molecule has 0 bridgehead atoms. The van der Waals surface area contributed by atoms with Gasteiger partial charge in [-0.25, -0.2) is 5.10 Å². The Morgan fingerprint density at radius 3 is 2.88 bits per heavy atom. The highest BCUT2D eigenvalue weighted by atomic mass is 35.5. The number of halogens is 1. The number of rotatable bonds is 5. The van der Waals surface area contributed by atoms with Crippen LogP contribution in [0.25, 0.3) is 17.5 Å². The number of aromatic nitrogens is 3. The molecule has 3 aromatic rings. The monoisotopic (exact) mass is 370 g/mol. The number of hydrogen-bond donors (Lipinski definition) is 1. The summed E-state index contributed by atoms with van der Waals surface area (Å²) in [5.74, 6) is 1.39. The number of methoxy groups -OCH3 is 1. The maximum absolute atomic E-state index is 6.04. The zero-order valence-electron chi connectivity index (χ0n) is 13.4. The summed E-state index contributed by atoms with van der Waals surface area (Å²) in [5, 5.41) is 12.0. The second-order valence-corrected chi connectivity index (χ2v) is 5.86. The van der Waals surface area contributed by atoms with Gasteiger partial charge < -0.3 is 4.74 Å². The van der Waals surface area contributed by atoms with Gasteiger partial charge in [-0.15, -0.1) is 0 Å². The topological polar surface area (TPSA) is 55.2 Å². The Hall–Kier alpha value is -2.70. The Labute approximate surface area is 155 Å². The normalized spacial score (nSPS) is 11.4. The fourth-order valence-electron chi connectivity index (χ4n) is 2.27. The number of ether oxygens (including phenoxy) is 1. The zero-order chi connectivity index (χ0) is 17.6. The van der Waals surface area contributed by atoms with Crippen LogP contribution in [-0.2, 0) is 0 Å². The lowest BCUT2D eigenvalue weighted by Gasteiger charge is -2.02. The molecule has 0 amide bonds. The maximum Gasteiger partial charge on any atom is 0.216 e. The number of para-hydroxylation sites is 1. The molecule has 3 rings (SSSR count). The smallest absolute Gasteiger partial charge is 0.216 e. The number of benzene rings is 2. The molecule has 1 aromatic heterocycles. The van der Waals surface area contributed by atoms with Gasteiger partial charge in [0.25, 0.3) is 0 Å². The van der Waals surface area contributed by atoms with E-state index in [-0.39, 0.29) is 0 Å². The molecular weight excluding hydrogens is 356 g/mol. The van der Waals surface area contributed by atoms with Gasteiger partial charge in [-0.1, -0.05) is 41.9 Å². The van der Waals surface area contributed by atoms with Crippen LogP contribution in [0.5, 0.6) is 5.75 Å². The molecule has 0 aliphatic heterocycles. The number of hydrogen-bond acceptors (Lipinski definition) is 4. The Bertz CT molecular complexity index is 990. The van der Waals surface area contributed by atoms with E-state index in [0.29, 0.717) is 15.6 Å². The summed E-state index contributed by atoms with van der Waals surface area (Å²) in [6, 6.07) is 15.1. The Morgan fingerprint density at radius 2 is 2.08 bits per heavy atom. The second kappa shape index (κ2) is 7.92. The van der Waals surface area contributed by atoms with Crippen molar-refractivity contribution in [3.63, 3.8) is 0 Å². The lowest BCUT2D eigenvalue weighted by molar-refractivity contribution is 0.414. The third kappa shape index (κ3) is 4.04. The van der Waals surface area contributed by atoms with Crippen LogP contribution in [0.2, 0.25) is 5.02 Å². The molecule has 0 saturated carbocycles. The quantitative estimate of drug-likeness (QED) is 0.517. The first-order chi connectivity index (χ1) is 12.2. The minimum absolute atomic E-state index is 0.400. The van der Waals surface area contributed by atoms with Crippen molar-refractivity contribution in [1.29, 1.82) is 0 Å². The molecule has 0 saturated heterocycles. The van der Waals surface area contributed by atoms with Crippen LogP contribution >= 0.6 is 23.8 Å². The van der Waals surface area contributed by atoms with E-state index in [2.05, 4.69) is 15.3 Å². The minimum atomic E-state index is 0.400. The molecule has 0 aliphatic carbocycles. The van der Waals surface area contributed by atoms with Crippen LogP contribution in [0.1, 0.15) is 5.56 Å². The summed E-state index contributed by atoms with van der Waals surface area (Å²) in [6.45, 7) is 0. The molecule has 0 atom stereocenters. The number of allylic oxidation sites excluding steroid dienone is 1. The van der Waals surface area contributed by atoms with Crippen LogP contribution in [0.15, 0.2) is 59.7 Å². The fraction of sp³-hybridized carbons (Fsp3) is 0.0556. The van der Waals surface area contributed by atoms with Crippen molar-refractivity contribution in [1.82, 2.24) is 14.9 Å². The van der Waals surface area contributed by atoms with Gasteiger partial charge in [0.1, 0.15) is 5.75 Å². The molecule has 25 heavy (non-hydrogen) atoms. The van der Waals surface area contributed by atoms with Gasteiger partial charge in [0, 0.05) is 22.4 Å². The summed E-state index contributed by atoms with van der Waals surface area (Å²) in [4.78, 5) is 0. The van der Waals surface area contributed by atoms with Gasteiger partial charge in [0.2, 0.25) is 4.77 Å². The summed E-state index contributed by atoms with van der Waals surface area (Å²) < 4.78 is 7.26. The lowest BCUT2D eigenvalue weighted by Crippen LogP contribution is -1.93. The number of nitrogens with zero attached hydrogens (tertiary/aromatic N) is 3. The van der Waals surface area contributed by atoms with Crippen LogP contribution in [0, 0.1) is 4.77 Å². The molecular formula is C18H15ClN4OS. The molecule has 0 spiro atoms. The first-order valence-corrected chi connectivity index (χ1v) is 8.25. The highest BCUT2D eigenvalue weighted by Crippen LogP contribution is 2.21. The molecule has 1 heterocycles. The third-order valence-electron chi connectivity index (χ3n) is 3.42. The van der Waals surface area contributed by atoms with E-state index < -0.39 is 0 Å². The van der Waals surface area contributed by atoms with Crippen molar-refractivity contribution in [2.45, 2.75) is 0 Å². The molecule has 7 heteroatoms. The second-order valence-electron chi connectivity index (χ2n) is 5.04. The molecule has 126 valence electrons. The Kier molecular flexibility index (Phi) is 5.42. The van der Waals surface area contributed by atoms with Crippen molar-refractivity contribution in [3.8, 4) is 17.1 Å².